The molecule has 4 heteroatoms. The summed E-state index contributed by atoms with van der Waals surface area (Å²) in [6, 6.07) is 82.4. The minimum absolute atomic E-state index is 0.869. The molecule has 0 aliphatic rings. The topological polar surface area (TPSA) is 35.3 Å². The maximum absolute atomic E-state index is 5.58. The van der Waals surface area contributed by atoms with Gasteiger partial charge in [-0.15, -0.1) is 0 Å². The van der Waals surface area contributed by atoms with Crippen molar-refractivity contribution in [3.05, 3.63) is 284 Å². The van der Waals surface area contributed by atoms with Crippen LogP contribution in [0.2, 0.25) is 0 Å². The fourth-order valence-corrected chi connectivity index (χ4v) is 5.11. The average Bonchev–Trinajstić information content (AvgIpc) is 4.12. The molecular weight excluding hydrogens is 715 g/mol. The predicted molar refractivity (Wildman–Crippen MR) is 242 cm³/mol. The molecule has 0 unspecified atom stereocenters. The average molecular weight is 762 g/mol. The summed E-state index contributed by atoms with van der Waals surface area (Å²) in [7, 11) is 0. The molecule has 0 N–H and O–H groups in total. The van der Waals surface area contributed by atoms with Gasteiger partial charge in [0.1, 0.15) is 11.5 Å². The summed E-state index contributed by atoms with van der Waals surface area (Å²) in [6.45, 7) is 0. The van der Waals surface area contributed by atoms with Crippen molar-refractivity contribution in [1.82, 2.24) is 4.98 Å². The monoisotopic (exact) mass is 761 g/mol. The maximum atomic E-state index is 5.58. The Hall–Kier alpha value is -7.27. The van der Waals surface area contributed by atoms with E-state index < -0.39 is 0 Å². The van der Waals surface area contributed by atoms with Gasteiger partial charge in [-0.05, 0) is 81.2 Å². The highest BCUT2D eigenvalue weighted by molar-refractivity contribution is 7.07. The Morgan fingerprint density at radius 2 is 0.632 bits per heavy atom. The van der Waals surface area contributed by atoms with Crippen LogP contribution in [0.15, 0.2) is 289 Å². The molecule has 0 radical (unpaired) electrons. The third-order valence-corrected chi connectivity index (χ3v) is 7.97. The lowest BCUT2D eigenvalue weighted by atomic mass is 10.1. The van der Waals surface area contributed by atoms with Crippen LogP contribution in [0.4, 0.5) is 0 Å². The van der Waals surface area contributed by atoms with Gasteiger partial charge in [-0.25, -0.2) is 0 Å². The number of benzene rings is 7. The van der Waals surface area contributed by atoms with E-state index in [1.54, 1.807) is 36.3 Å². The van der Waals surface area contributed by atoms with Crippen LogP contribution in [-0.4, -0.2) is 4.98 Å². The van der Waals surface area contributed by atoms with Crippen LogP contribution in [0.1, 0.15) is 0 Å². The fraction of sp³-hybridized carbons (Fsp3) is 0. The normalized spacial score (nSPS) is 9.05. The van der Waals surface area contributed by atoms with Crippen molar-refractivity contribution in [1.29, 1.82) is 0 Å². The quantitative estimate of drug-likeness (QED) is 0.180. The van der Waals surface area contributed by atoms with Gasteiger partial charge in [0, 0.05) is 12.4 Å². The van der Waals surface area contributed by atoms with E-state index >= 15 is 0 Å². The summed E-state index contributed by atoms with van der Waals surface area (Å²) < 4.78 is 10.2. The Kier molecular flexibility index (Phi) is 21.7. The first-order valence-corrected chi connectivity index (χ1v) is 19.4. The third kappa shape index (κ3) is 20.1. The first kappa shape index (κ1) is 42.5. The molecule has 0 bridgehead atoms. The van der Waals surface area contributed by atoms with Gasteiger partial charge in [0.25, 0.3) is 0 Å². The van der Waals surface area contributed by atoms with Gasteiger partial charge in [0.2, 0.25) is 0 Å². The van der Waals surface area contributed by atoms with Crippen molar-refractivity contribution < 1.29 is 9.15 Å². The van der Waals surface area contributed by atoms with Crippen molar-refractivity contribution in [3.63, 3.8) is 0 Å². The molecule has 10 aromatic rings. The molecule has 0 fully saturated rings. The van der Waals surface area contributed by atoms with Gasteiger partial charge in [-0.3, -0.25) is 4.98 Å². The number of pyridine rings is 1. The van der Waals surface area contributed by atoms with Crippen molar-refractivity contribution >= 4 is 22.1 Å². The lowest BCUT2D eigenvalue weighted by Crippen LogP contribution is -1.81. The largest absolute Gasteiger partial charge is 0.473 e. The number of para-hydroxylation sites is 2. The van der Waals surface area contributed by atoms with Crippen molar-refractivity contribution in [3.8, 4) is 22.6 Å². The highest BCUT2D eigenvalue weighted by Gasteiger charge is 1.93. The zero-order valence-electron chi connectivity index (χ0n) is 31.8. The smallest absolute Gasteiger partial charge is 0.127 e. The van der Waals surface area contributed by atoms with E-state index in [2.05, 4.69) is 106 Å². The number of hydrogen-bond acceptors (Lipinski definition) is 4. The standard InChI is InChI=1S/C12H10O.C12H10.C10H8.C6H6.C5H5N.C4H4O.C4H4S/c1-3-7-11(8-4-1)13-12-9-5-2-6-10-12;1-3-7-11(8-4-1)12-9-5-2-6-10-12;1-2-6-10-8-4-3-7-9(10)5-1;2*1-2-4-6-5-3-1;2*1-2-4-5-3-1/h1-10H;1-10H;1-8H;1-6H;1-5H;2*1-4H. The molecule has 57 heavy (non-hydrogen) atoms. The second-order valence-electron chi connectivity index (χ2n) is 11.6. The molecule has 3 aromatic heterocycles. The van der Waals surface area contributed by atoms with E-state index in [1.807, 2.05) is 162 Å². The molecule has 3 heterocycles. The Labute approximate surface area is 341 Å². The summed E-state index contributed by atoms with van der Waals surface area (Å²) in [5.41, 5.74) is 2.55. The van der Waals surface area contributed by atoms with Crippen LogP contribution in [0.5, 0.6) is 11.5 Å². The Morgan fingerprint density at radius 3 is 0.895 bits per heavy atom. The van der Waals surface area contributed by atoms with Gasteiger partial charge in [0.15, 0.2) is 0 Å². The number of rotatable bonds is 3. The lowest BCUT2D eigenvalue weighted by Gasteiger charge is -2.03. The van der Waals surface area contributed by atoms with Gasteiger partial charge < -0.3 is 9.15 Å². The fourth-order valence-electron chi connectivity index (χ4n) is 4.66. The number of thiophene rings is 1. The molecule has 0 saturated heterocycles. The number of fused-ring (bicyclic) bond motifs is 1. The number of nitrogens with zero attached hydrogens (tertiary/aromatic N) is 1. The minimum atomic E-state index is 0.869. The van der Waals surface area contributed by atoms with Crippen LogP contribution in [0, 0.1) is 0 Å². The van der Waals surface area contributed by atoms with Crippen molar-refractivity contribution in [2.75, 3.05) is 0 Å². The molecule has 0 saturated carbocycles. The van der Waals surface area contributed by atoms with Gasteiger partial charge in [-0.2, -0.15) is 11.3 Å². The molecule has 0 atom stereocenters. The SMILES string of the molecule is c1ccc(-c2ccccc2)cc1.c1ccc(Oc2ccccc2)cc1.c1ccc2ccccc2c1.c1ccccc1.c1ccncc1.c1ccoc1.c1ccsc1. The molecule has 3 nitrogen and oxygen atoms in total. The Bertz CT molecular complexity index is 2000. The van der Waals surface area contributed by atoms with Crippen molar-refractivity contribution in [2.24, 2.45) is 0 Å². The summed E-state index contributed by atoms with van der Waals surface area (Å²) in [5.74, 6) is 1.74. The van der Waals surface area contributed by atoms with E-state index in [0.717, 1.165) is 11.5 Å². The summed E-state index contributed by atoms with van der Waals surface area (Å²) in [6.07, 6.45) is 6.75. The van der Waals surface area contributed by atoms with Gasteiger partial charge >= 0.3 is 0 Å². The van der Waals surface area contributed by atoms with E-state index in [4.69, 9.17) is 4.74 Å². The first-order chi connectivity index (χ1) is 28.4. The number of furan rings is 1. The minimum Gasteiger partial charge on any atom is -0.473 e. The van der Waals surface area contributed by atoms with E-state index in [1.165, 1.54) is 21.9 Å². The number of ether oxygens (including phenoxy) is 1. The first-order valence-electron chi connectivity index (χ1n) is 18.5. The lowest BCUT2D eigenvalue weighted by molar-refractivity contribution is 0.482. The summed E-state index contributed by atoms with van der Waals surface area (Å²) in [4.78, 5) is 3.78. The van der Waals surface area contributed by atoms with Gasteiger partial charge in [-0.1, -0.05) is 200 Å². The molecule has 0 aliphatic heterocycles. The molecule has 10 rings (SSSR count). The summed E-state index contributed by atoms with van der Waals surface area (Å²) >= 11 is 1.71. The molecule has 0 spiro atoms. The van der Waals surface area contributed by atoms with E-state index in [0.29, 0.717) is 0 Å². The van der Waals surface area contributed by atoms with Crippen LogP contribution in [0.25, 0.3) is 21.9 Å². The summed E-state index contributed by atoms with van der Waals surface area (Å²) in [5, 5.41) is 6.70. The Balaban J connectivity index is 0.000000152. The van der Waals surface area contributed by atoms with Gasteiger partial charge in [0.05, 0.1) is 12.5 Å². The number of aromatic nitrogens is 1. The molecule has 0 aliphatic carbocycles. The second kappa shape index (κ2) is 29.1. The Morgan fingerprint density at radius 1 is 0.316 bits per heavy atom. The van der Waals surface area contributed by atoms with Crippen LogP contribution in [0.3, 0.4) is 0 Å². The molecule has 0 amide bonds. The van der Waals surface area contributed by atoms with Crippen LogP contribution >= 0.6 is 11.3 Å². The molecule has 282 valence electrons. The molecule has 7 aromatic carbocycles. The van der Waals surface area contributed by atoms with E-state index in [-0.39, 0.29) is 0 Å². The highest BCUT2D eigenvalue weighted by atomic mass is 32.1. The second-order valence-corrected chi connectivity index (χ2v) is 12.4. The zero-order valence-corrected chi connectivity index (χ0v) is 32.6. The van der Waals surface area contributed by atoms with Crippen LogP contribution < -0.4 is 4.74 Å². The zero-order chi connectivity index (χ0) is 39.5. The van der Waals surface area contributed by atoms with E-state index in [9.17, 15) is 0 Å². The maximum Gasteiger partial charge on any atom is 0.127 e. The van der Waals surface area contributed by atoms with Crippen LogP contribution in [-0.2, 0) is 0 Å². The number of hydrogen-bond donors (Lipinski definition) is 0. The highest BCUT2D eigenvalue weighted by Crippen LogP contribution is 2.20. The third-order valence-electron chi connectivity index (χ3n) is 7.35. The van der Waals surface area contributed by atoms with Crippen molar-refractivity contribution in [2.45, 2.75) is 0 Å². The molecular formula is C53H47NO2S. The predicted octanol–water partition coefficient (Wildman–Crippen LogP) is 15.5.